The molecule has 3 fully saturated rings. The van der Waals surface area contributed by atoms with Crippen LogP contribution in [-0.2, 0) is 19.1 Å². The Balaban J connectivity index is 1.85. The van der Waals surface area contributed by atoms with E-state index in [0.717, 1.165) is 0 Å². The van der Waals surface area contributed by atoms with Gasteiger partial charge in [0.05, 0.1) is 12.0 Å². The molecule has 7 heteroatoms. The molecule has 32 heavy (non-hydrogen) atoms. The number of hydrogen-bond donors (Lipinski definition) is 1. The van der Waals surface area contributed by atoms with E-state index in [1.54, 1.807) is 19.9 Å². The molecule has 0 radical (unpaired) electrons. The van der Waals surface area contributed by atoms with Gasteiger partial charge in [-0.1, -0.05) is 32.4 Å². The normalized spacial score (nSPS) is 47.2. The summed E-state index contributed by atoms with van der Waals surface area (Å²) in [6.45, 7) is 7.13. The van der Waals surface area contributed by atoms with E-state index in [0.29, 0.717) is 24.8 Å². The Kier molecular flexibility index (Phi) is 5.53. The first-order valence-corrected chi connectivity index (χ1v) is 12.1. The van der Waals surface area contributed by atoms with Crippen molar-refractivity contribution in [3.8, 4) is 0 Å². The molecule has 176 valence electrons. The molecule has 0 unspecified atom stereocenters. The minimum absolute atomic E-state index is 0.0285. The Morgan fingerprint density at radius 2 is 2.00 bits per heavy atom. The quantitative estimate of drug-likeness (QED) is 0.498. The maximum Gasteiger partial charge on any atom is 0.306 e. The number of fused-ring (bicyclic) bond motifs is 5. The molecular formula is C25H32ClFO5. The summed E-state index contributed by atoms with van der Waals surface area (Å²) in [7, 11) is 0. The average Bonchev–Trinajstić information content (AvgIpc) is 2.96. The fraction of sp³-hybridized carbons (Fsp3) is 0.720. The van der Waals surface area contributed by atoms with Gasteiger partial charge in [-0.15, -0.1) is 11.6 Å². The van der Waals surface area contributed by atoms with Crippen molar-refractivity contribution in [1.82, 2.24) is 0 Å². The summed E-state index contributed by atoms with van der Waals surface area (Å²) in [5.74, 6) is -2.57. The van der Waals surface area contributed by atoms with Crippen molar-refractivity contribution in [3.63, 3.8) is 0 Å². The molecule has 0 aromatic heterocycles. The van der Waals surface area contributed by atoms with Crippen LogP contribution in [0.25, 0.3) is 0 Å². The van der Waals surface area contributed by atoms with Crippen LogP contribution in [0.1, 0.15) is 59.8 Å². The van der Waals surface area contributed by atoms with E-state index < -0.39 is 40.1 Å². The number of halogens is 2. The zero-order valence-corrected chi connectivity index (χ0v) is 19.9. The van der Waals surface area contributed by atoms with E-state index in [1.807, 2.05) is 13.8 Å². The molecule has 0 saturated heterocycles. The SMILES string of the molecule is CCC(=O)O[C@@]1(C(=O)CCl)[C@H](C)C[C@H]2[C@@H]3CCC4=CC(=O)C=C[C@]4(C)[C@@]3(F)[C@@H](O)C[C@@]21C. The Hall–Kier alpha value is -1.53. The highest BCUT2D eigenvalue weighted by atomic mass is 35.5. The summed E-state index contributed by atoms with van der Waals surface area (Å²) in [4.78, 5) is 37.7. The Bertz CT molecular complexity index is 929. The molecule has 0 heterocycles. The standard InChI is InChI=1S/C25H32ClFO5/c1-5-21(31)32-25(20(30)13-26)14(2)10-18-17-7-6-15-11-16(28)8-9-22(15,3)24(17,27)19(29)12-23(18,25)4/h8-9,11,14,17-19,29H,5-7,10,12-13H2,1-4H3/t14-,17+,18+,19+,22+,23+,24+,25-/m1/s1. The molecule has 4 rings (SSSR count). The maximum absolute atomic E-state index is 17.2. The van der Waals surface area contributed by atoms with Crippen LogP contribution in [0.2, 0.25) is 0 Å². The lowest BCUT2D eigenvalue weighted by Gasteiger charge is -2.62. The molecule has 0 aliphatic heterocycles. The van der Waals surface area contributed by atoms with Crippen molar-refractivity contribution in [3.05, 3.63) is 23.8 Å². The van der Waals surface area contributed by atoms with Crippen molar-refractivity contribution in [2.45, 2.75) is 77.2 Å². The van der Waals surface area contributed by atoms with Gasteiger partial charge in [0.15, 0.2) is 22.8 Å². The molecule has 4 aliphatic rings. The smallest absolute Gasteiger partial charge is 0.306 e. The van der Waals surface area contributed by atoms with Gasteiger partial charge in [-0.2, -0.15) is 0 Å². The summed E-state index contributed by atoms with van der Waals surface area (Å²) < 4.78 is 23.1. The van der Waals surface area contributed by atoms with Crippen molar-refractivity contribution in [1.29, 1.82) is 0 Å². The molecule has 0 aromatic carbocycles. The van der Waals surface area contributed by atoms with E-state index in [9.17, 15) is 19.5 Å². The first-order chi connectivity index (χ1) is 14.9. The average molecular weight is 467 g/mol. The number of Topliss-reactive ketones (excluding diaryl/α,β-unsaturated/α-hetero) is 1. The first-order valence-electron chi connectivity index (χ1n) is 11.5. The van der Waals surface area contributed by atoms with E-state index in [4.69, 9.17) is 16.3 Å². The third-order valence-corrected chi connectivity index (χ3v) is 9.52. The lowest BCUT2D eigenvalue weighted by Crippen LogP contribution is -2.70. The Morgan fingerprint density at radius 1 is 1.31 bits per heavy atom. The van der Waals surface area contributed by atoms with Crippen molar-refractivity contribution in [2.75, 3.05) is 5.88 Å². The van der Waals surface area contributed by atoms with Gasteiger partial charge in [0.1, 0.15) is 0 Å². The van der Waals surface area contributed by atoms with Crippen LogP contribution in [0, 0.1) is 28.6 Å². The highest BCUT2D eigenvalue weighted by molar-refractivity contribution is 6.29. The summed E-state index contributed by atoms with van der Waals surface area (Å²) in [5, 5.41) is 11.4. The fourth-order valence-electron chi connectivity index (χ4n) is 7.75. The number of allylic oxidation sites excluding steroid dienone is 4. The number of carbonyl (C=O) groups excluding carboxylic acids is 3. The molecule has 5 nitrogen and oxygen atoms in total. The predicted octanol–water partition coefficient (Wildman–Crippen LogP) is 4.10. The molecule has 0 amide bonds. The summed E-state index contributed by atoms with van der Waals surface area (Å²) in [5.41, 5.74) is -4.83. The fourth-order valence-corrected chi connectivity index (χ4v) is 7.95. The first kappa shape index (κ1) is 23.6. The Morgan fingerprint density at radius 3 is 2.62 bits per heavy atom. The van der Waals surface area contributed by atoms with Crippen LogP contribution < -0.4 is 0 Å². The van der Waals surface area contributed by atoms with Crippen LogP contribution in [0.5, 0.6) is 0 Å². The van der Waals surface area contributed by atoms with Crippen LogP contribution in [0.4, 0.5) is 4.39 Å². The number of aliphatic hydroxyl groups excluding tert-OH is 1. The van der Waals surface area contributed by atoms with Gasteiger partial charge in [-0.05, 0) is 50.7 Å². The Labute approximate surface area is 193 Å². The number of carbonyl (C=O) groups is 3. The molecule has 0 aromatic rings. The monoisotopic (exact) mass is 466 g/mol. The minimum atomic E-state index is -1.99. The highest BCUT2D eigenvalue weighted by Gasteiger charge is 2.77. The highest BCUT2D eigenvalue weighted by Crippen LogP contribution is 2.71. The van der Waals surface area contributed by atoms with Gasteiger partial charge in [-0.25, -0.2) is 4.39 Å². The molecule has 1 N–H and O–H groups in total. The van der Waals surface area contributed by atoms with Crippen molar-refractivity contribution >= 4 is 29.1 Å². The predicted molar refractivity (Wildman–Crippen MR) is 118 cm³/mol. The van der Waals surface area contributed by atoms with Gasteiger partial charge in [0.2, 0.25) is 0 Å². The summed E-state index contributed by atoms with van der Waals surface area (Å²) in [6.07, 6.45) is 4.67. The summed E-state index contributed by atoms with van der Waals surface area (Å²) in [6, 6.07) is 0. The second-order valence-corrected chi connectivity index (χ2v) is 10.8. The van der Waals surface area contributed by atoms with E-state index in [1.165, 1.54) is 12.2 Å². The lowest BCUT2D eigenvalue weighted by molar-refractivity contribution is -0.227. The van der Waals surface area contributed by atoms with E-state index in [-0.39, 0.29) is 42.1 Å². The molecule has 0 bridgehead atoms. The molecule has 0 spiro atoms. The third kappa shape index (κ3) is 2.68. The molecule has 8 atom stereocenters. The van der Waals surface area contributed by atoms with Crippen LogP contribution in [0.15, 0.2) is 23.8 Å². The lowest BCUT2D eigenvalue weighted by atomic mass is 9.44. The number of alkyl halides is 2. The van der Waals surface area contributed by atoms with Gasteiger partial charge < -0.3 is 9.84 Å². The number of ether oxygens (including phenoxy) is 1. The number of ketones is 2. The van der Waals surface area contributed by atoms with E-state index in [2.05, 4.69) is 0 Å². The van der Waals surface area contributed by atoms with Gasteiger partial charge in [0.25, 0.3) is 0 Å². The van der Waals surface area contributed by atoms with E-state index >= 15 is 4.39 Å². The van der Waals surface area contributed by atoms with Crippen LogP contribution >= 0.6 is 11.6 Å². The number of esters is 1. The number of hydrogen-bond acceptors (Lipinski definition) is 5. The summed E-state index contributed by atoms with van der Waals surface area (Å²) >= 11 is 6.01. The molecular weight excluding hydrogens is 435 g/mol. The largest absolute Gasteiger partial charge is 0.450 e. The van der Waals surface area contributed by atoms with Gasteiger partial charge >= 0.3 is 5.97 Å². The zero-order chi connectivity index (χ0) is 23.7. The topological polar surface area (TPSA) is 80.7 Å². The second-order valence-electron chi connectivity index (χ2n) is 10.5. The van der Waals surface area contributed by atoms with Crippen molar-refractivity contribution < 1.29 is 28.6 Å². The second kappa shape index (κ2) is 7.49. The van der Waals surface area contributed by atoms with Crippen LogP contribution in [-0.4, -0.2) is 45.9 Å². The van der Waals surface area contributed by atoms with Gasteiger partial charge in [0, 0.05) is 29.1 Å². The van der Waals surface area contributed by atoms with Crippen molar-refractivity contribution in [2.24, 2.45) is 28.6 Å². The minimum Gasteiger partial charge on any atom is -0.450 e. The number of rotatable bonds is 4. The maximum atomic E-state index is 17.2. The third-order valence-electron chi connectivity index (χ3n) is 9.28. The zero-order valence-electron chi connectivity index (χ0n) is 19.1. The molecule has 4 aliphatic carbocycles. The van der Waals surface area contributed by atoms with Gasteiger partial charge in [-0.3, -0.25) is 14.4 Å². The molecule has 3 saturated carbocycles. The number of aliphatic hydroxyl groups is 1. The van der Waals surface area contributed by atoms with Crippen LogP contribution in [0.3, 0.4) is 0 Å².